The topological polar surface area (TPSA) is 96.0 Å². The molecule has 2 heterocycles. The maximum absolute atomic E-state index is 13.2. The van der Waals surface area contributed by atoms with E-state index in [-0.39, 0.29) is 35.3 Å². The molecule has 2 fully saturated rings. The lowest BCUT2D eigenvalue weighted by atomic mass is 9.94. The number of hydrogen-bond donors (Lipinski definition) is 1. The van der Waals surface area contributed by atoms with Crippen molar-refractivity contribution in [2.24, 2.45) is 5.92 Å². The number of nitrogens with one attached hydrogen (secondary N) is 1. The van der Waals surface area contributed by atoms with Crippen LogP contribution < -0.4 is 5.32 Å². The van der Waals surface area contributed by atoms with E-state index in [9.17, 15) is 18.0 Å². The molecular formula is C26H31N3O5S. The number of amides is 2. The Morgan fingerprint density at radius 1 is 1.17 bits per heavy atom. The fourth-order valence-corrected chi connectivity index (χ4v) is 6.08. The minimum Gasteiger partial charge on any atom is -0.354 e. The maximum atomic E-state index is 13.2. The average Bonchev–Trinajstić information content (AvgIpc) is 3.28. The standard InChI is InChI=1S/C26H31N3O5S/c1-3-24(30)27-25-17-21-14-16-29(18-23(21)34-25)35(32,33)22-11-9-20(10-12-22)26(31)28(2)15-13-19-7-5-4-6-8-19/h3-12,21,23,25H,1,13-18H2,2H3,(H,27,30). The molecule has 2 aromatic carbocycles. The van der Waals surface area contributed by atoms with Crippen molar-refractivity contribution in [2.75, 3.05) is 26.7 Å². The molecule has 9 heteroatoms. The summed E-state index contributed by atoms with van der Waals surface area (Å²) in [6.45, 7) is 4.62. The summed E-state index contributed by atoms with van der Waals surface area (Å²) in [6.07, 6.45) is 2.56. The maximum Gasteiger partial charge on any atom is 0.253 e. The first-order valence-electron chi connectivity index (χ1n) is 11.8. The molecule has 2 aliphatic rings. The first-order valence-corrected chi connectivity index (χ1v) is 13.2. The Morgan fingerprint density at radius 3 is 2.57 bits per heavy atom. The van der Waals surface area contributed by atoms with E-state index in [1.54, 1.807) is 24.1 Å². The predicted octanol–water partition coefficient (Wildman–Crippen LogP) is 2.43. The van der Waals surface area contributed by atoms with E-state index in [0.29, 0.717) is 31.5 Å². The van der Waals surface area contributed by atoms with Gasteiger partial charge >= 0.3 is 0 Å². The molecule has 0 aliphatic carbocycles. The van der Waals surface area contributed by atoms with Gasteiger partial charge < -0.3 is 15.0 Å². The van der Waals surface area contributed by atoms with Crippen LogP contribution in [0.5, 0.6) is 0 Å². The van der Waals surface area contributed by atoms with Gasteiger partial charge in [-0.15, -0.1) is 0 Å². The van der Waals surface area contributed by atoms with Gasteiger partial charge in [0.05, 0.1) is 11.0 Å². The van der Waals surface area contributed by atoms with E-state index in [1.165, 1.54) is 22.5 Å². The van der Waals surface area contributed by atoms with Crippen molar-refractivity contribution in [1.82, 2.24) is 14.5 Å². The SMILES string of the molecule is C=CC(=O)NC1CC2CCN(S(=O)(=O)c3ccc(C(=O)N(C)CCc4ccccc4)cc3)CC2O1. The first kappa shape index (κ1) is 25.1. The van der Waals surface area contributed by atoms with Gasteiger partial charge in [-0.05, 0) is 61.1 Å². The van der Waals surface area contributed by atoms with Crippen molar-refractivity contribution in [3.63, 3.8) is 0 Å². The van der Waals surface area contributed by atoms with E-state index in [4.69, 9.17) is 4.74 Å². The van der Waals surface area contributed by atoms with Gasteiger partial charge in [0.25, 0.3) is 5.91 Å². The van der Waals surface area contributed by atoms with Crippen LogP contribution in [0.15, 0.2) is 72.1 Å². The number of hydrogen-bond acceptors (Lipinski definition) is 5. The van der Waals surface area contributed by atoms with Crippen LogP contribution in [0.2, 0.25) is 0 Å². The van der Waals surface area contributed by atoms with Crippen LogP contribution in [0, 0.1) is 5.92 Å². The third-order valence-corrected chi connectivity index (χ3v) is 8.55. The molecule has 8 nitrogen and oxygen atoms in total. The Hall–Kier alpha value is -3.01. The lowest BCUT2D eigenvalue weighted by Gasteiger charge is -2.33. The highest BCUT2D eigenvalue weighted by Crippen LogP contribution is 2.34. The summed E-state index contributed by atoms with van der Waals surface area (Å²) in [5.74, 6) is -0.265. The van der Waals surface area contributed by atoms with Gasteiger partial charge in [-0.25, -0.2) is 8.42 Å². The monoisotopic (exact) mass is 497 g/mol. The average molecular weight is 498 g/mol. The van der Waals surface area contributed by atoms with Crippen LogP contribution in [-0.2, 0) is 26.0 Å². The Balaban J connectivity index is 1.36. The third kappa shape index (κ3) is 5.80. The zero-order valence-electron chi connectivity index (χ0n) is 19.8. The number of fused-ring (bicyclic) bond motifs is 1. The van der Waals surface area contributed by atoms with Gasteiger partial charge in [0.15, 0.2) is 0 Å². The quantitative estimate of drug-likeness (QED) is 0.565. The third-order valence-electron chi connectivity index (χ3n) is 6.67. The van der Waals surface area contributed by atoms with E-state index < -0.39 is 16.3 Å². The van der Waals surface area contributed by atoms with Crippen LogP contribution in [0.1, 0.15) is 28.8 Å². The zero-order chi connectivity index (χ0) is 25.0. The van der Waals surface area contributed by atoms with Gasteiger partial charge in [-0.3, -0.25) is 9.59 Å². The minimum atomic E-state index is -3.73. The Morgan fingerprint density at radius 2 is 1.89 bits per heavy atom. The minimum absolute atomic E-state index is 0.147. The molecule has 3 atom stereocenters. The van der Waals surface area contributed by atoms with Crippen molar-refractivity contribution in [3.8, 4) is 0 Å². The number of nitrogens with zero attached hydrogens (tertiary/aromatic N) is 2. The Bertz CT molecular complexity index is 1170. The van der Waals surface area contributed by atoms with Gasteiger partial charge in [-0.2, -0.15) is 4.31 Å². The lowest BCUT2D eigenvalue weighted by molar-refractivity contribution is -0.120. The fraction of sp³-hybridized carbons (Fsp3) is 0.385. The number of sulfonamides is 1. The molecule has 0 spiro atoms. The summed E-state index contributed by atoms with van der Waals surface area (Å²) < 4.78 is 33.8. The molecule has 0 radical (unpaired) electrons. The highest BCUT2D eigenvalue weighted by molar-refractivity contribution is 7.89. The molecule has 3 unspecified atom stereocenters. The molecular weight excluding hydrogens is 466 g/mol. The second kappa shape index (κ2) is 10.7. The zero-order valence-corrected chi connectivity index (χ0v) is 20.6. The van der Waals surface area contributed by atoms with Crippen LogP contribution >= 0.6 is 0 Å². The van der Waals surface area contributed by atoms with Gasteiger partial charge in [-0.1, -0.05) is 36.9 Å². The highest BCUT2D eigenvalue weighted by Gasteiger charge is 2.42. The Kier molecular flexibility index (Phi) is 7.69. The normalized spacial score (nSPS) is 22.3. The van der Waals surface area contributed by atoms with E-state index in [0.717, 1.165) is 12.0 Å². The first-order chi connectivity index (χ1) is 16.8. The summed E-state index contributed by atoms with van der Waals surface area (Å²) in [7, 11) is -1.99. The van der Waals surface area contributed by atoms with E-state index in [1.807, 2.05) is 30.3 Å². The second-order valence-corrected chi connectivity index (χ2v) is 10.9. The van der Waals surface area contributed by atoms with Crippen LogP contribution in [-0.4, -0.2) is 68.5 Å². The van der Waals surface area contributed by atoms with Crippen molar-refractivity contribution in [2.45, 2.75) is 36.5 Å². The van der Waals surface area contributed by atoms with Crippen LogP contribution in [0.4, 0.5) is 0 Å². The molecule has 2 saturated heterocycles. The lowest BCUT2D eigenvalue weighted by Crippen LogP contribution is -2.45. The molecule has 2 aliphatic heterocycles. The van der Waals surface area contributed by atoms with Gasteiger partial charge in [0, 0.05) is 32.2 Å². The molecule has 35 heavy (non-hydrogen) atoms. The van der Waals surface area contributed by atoms with E-state index in [2.05, 4.69) is 11.9 Å². The fourth-order valence-electron chi connectivity index (χ4n) is 4.61. The van der Waals surface area contributed by atoms with Crippen molar-refractivity contribution < 1.29 is 22.7 Å². The van der Waals surface area contributed by atoms with Gasteiger partial charge in [0.1, 0.15) is 6.23 Å². The number of benzene rings is 2. The molecule has 1 N–H and O–H groups in total. The number of ether oxygens (including phenoxy) is 1. The highest BCUT2D eigenvalue weighted by atomic mass is 32.2. The summed E-state index contributed by atoms with van der Waals surface area (Å²) in [4.78, 5) is 26.1. The molecule has 2 amide bonds. The predicted molar refractivity (Wildman–Crippen MR) is 132 cm³/mol. The molecule has 2 aromatic rings. The smallest absolute Gasteiger partial charge is 0.253 e. The summed E-state index contributed by atoms with van der Waals surface area (Å²) in [5, 5.41) is 2.73. The largest absolute Gasteiger partial charge is 0.354 e. The van der Waals surface area contributed by atoms with E-state index >= 15 is 0 Å². The number of likely N-dealkylation sites (N-methyl/N-ethyl adjacent to an activating group) is 1. The number of carbonyl (C=O) groups excluding carboxylic acids is 2. The van der Waals surface area contributed by atoms with Crippen molar-refractivity contribution >= 4 is 21.8 Å². The van der Waals surface area contributed by atoms with Crippen molar-refractivity contribution in [1.29, 1.82) is 0 Å². The summed E-state index contributed by atoms with van der Waals surface area (Å²) >= 11 is 0. The van der Waals surface area contributed by atoms with Crippen molar-refractivity contribution in [3.05, 3.63) is 78.4 Å². The number of piperidine rings is 1. The molecule has 0 saturated carbocycles. The number of rotatable bonds is 8. The molecule has 0 bridgehead atoms. The molecule has 0 aromatic heterocycles. The van der Waals surface area contributed by atoms with Crippen LogP contribution in [0.25, 0.3) is 0 Å². The second-order valence-electron chi connectivity index (χ2n) is 9.01. The molecule has 4 rings (SSSR count). The summed E-state index contributed by atoms with van der Waals surface area (Å²) in [6, 6.07) is 16.0. The van der Waals surface area contributed by atoms with Crippen LogP contribution in [0.3, 0.4) is 0 Å². The Labute approximate surface area is 206 Å². The van der Waals surface area contributed by atoms with Gasteiger partial charge in [0.2, 0.25) is 15.9 Å². The molecule has 186 valence electrons. The number of carbonyl (C=O) groups is 2. The summed E-state index contributed by atoms with van der Waals surface area (Å²) in [5.41, 5.74) is 1.59.